The molecule has 2 unspecified atom stereocenters. The van der Waals surface area contributed by atoms with E-state index in [1.54, 1.807) is 13.0 Å². The quantitative estimate of drug-likeness (QED) is 0.367. The van der Waals surface area contributed by atoms with Gasteiger partial charge in [0.05, 0.1) is 17.0 Å². The highest BCUT2D eigenvalue weighted by Crippen LogP contribution is 2.45. The number of amides is 1. The van der Waals surface area contributed by atoms with Crippen LogP contribution < -0.4 is 10.1 Å². The van der Waals surface area contributed by atoms with Crippen molar-refractivity contribution in [3.05, 3.63) is 58.9 Å². The number of hydrogen-bond donors (Lipinski definition) is 1. The van der Waals surface area contributed by atoms with Gasteiger partial charge in [0.15, 0.2) is 6.79 Å². The topological polar surface area (TPSA) is 72.4 Å². The average Bonchev–Trinajstić information content (AvgIpc) is 3.47. The molecule has 3 heterocycles. The number of halogens is 4. The van der Waals surface area contributed by atoms with Crippen molar-refractivity contribution in [3.8, 4) is 5.75 Å². The predicted molar refractivity (Wildman–Crippen MR) is 145 cm³/mol. The van der Waals surface area contributed by atoms with E-state index in [1.165, 1.54) is 25.3 Å². The Morgan fingerprint density at radius 3 is 2.80 bits per heavy atom. The number of nitrogens with zero attached hydrogens (tertiary/aromatic N) is 2. The third-order valence-corrected chi connectivity index (χ3v) is 8.54. The molecule has 2 fully saturated rings. The molecule has 2 aromatic carbocycles. The summed E-state index contributed by atoms with van der Waals surface area (Å²) in [5.41, 5.74) is -0.542. The minimum absolute atomic E-state index is 0.0822. The van der Waals surface area contributed by atoms with E-state index < -0.39 is 52.6 Å². The first-order chi connectivity index (χ1) is 19.7. The summed E-state index contributed by atoms with van der Waals surface area (Å²) < 4.78 is 77.6. The second-order valence-electron chi connectivity index (χ2n) is 11.0. The maximum absolute atomic E-state index is 16.4. The Morgan fingerprint density at radius 2 is 2.02 bits per heavy atom. The molecule has 218 valence electrons. The molecule has 7 nitrogen and oxygen atoms in total. The molecule has 11 heteroatoms. The maximum Gasteiger partial charge on any atom is 0.292 e. The Hall–Kier alpha value is -3.44. The molecule has 3 aliphatic heterocycles. The fraction of sp³-hybridized carbons (Fsp3) is 0.467. The zero-order valence-corrected chi connectivity index (χ0v) is 22.8. The molecule has 6 rings (SSSR count). The molecular weight excluding hydrogens is 542 g/mol. The van der Waals surface area contributed by atoms with Crippen LogP contribution in [0.4, 0.5) is 17.6 Å². The Bertz CT molecular complexity index is 1490. The number of alkyl halides is 1. The lowest BCUT2D eigenvalue weighted by molar-refractivity contribution is -0.123. The summed E-state index contributed by atoms with van der Waals surface area (Å²) in [6, 6.07) is 4.34. The van der Waals surface area contributed by atoms with Crippen molar-refractivity contribution in [2.24, 2.45) is 10.9 Å². The van der Waals surface area contributed by atoms with Crippen LogP contribution in [-0.4, -0.2) is 68.2 Å². The third-order valence-electron chi connectivity index (χ3n) is 8.54. The predicted octanol–water partition coefficient (Wildman–Crippen LogP) is 5.14. The second kappa shape index (κ2) is 10.8. The Kier molecular flexibility index (Phi) is 7.27. The number of hydrogen-bond acceptors (Lipinski definition) is 6. The van der Waals surface area contributed by atoms with Gasteiger partial charge in [0, 0.05) is 20.1 Å². The molecular formula is C30H31F4N3O4. The van der Waals surface area contributed by atoms with Crippen LogP contribution in [0.25, 0.3) is 16.3 Å². The number of ether oxygens (including phenoxy) is 3. The number of aliphatic imine (C=N–C) groups is 1. The number of nitrogens with one attached hydrogen (secondary N) is 1. The van der Waals surface area contributed by atoms with Gasteiger partial charge in [0.2, 0.25) is 5.91 Å². The Labute approximate surface area is 234 Å². The normalized spacial score (nSPS) is 27.9. The van der Waals surface area contributed by atoms with Crippen molar-refractivity contribution in [2.75, 3.05) is 33.6 Å². The van der Waals surface area contributed by atoms with Gasteiger partial charge in [-0.2, -0.15) is 0 Å². The number of rotatable bonds is 7. The summed E-state index contributed by atoms with van der Waals surface area (Å²) >= 11 is 0. The van der Waals surface area contributed by atoms with Crippen LogP contribution >= 0.6 is 0 Å². The first-order valence-corrected chi connectivity index (χ1v) is 13.8. The van der Waals surface area contributed by atoms with E-state index >= 15 is 8.78 Å². The van der Waals surface area contributed by atoms with E-state index in [0.29, 0.717) is 29.3 Å². The van der Waals surface area contributed by atoms with Gasteiger partial charge >= 0.3 is 0 Å². The average molecular weight is 574 g/mol. The third kappa shape index (κ3) is 4.78. The van der Waals surface area contributed by atoms with Crippen LogP contribution in [0.15, 0.2) is 47.0 Å². The minimum Gasteiger partial charge on any atom is -0.468 e. The summed E-state index contributed by atoms with van der Waals surface area (Å²) in [5.74, 6) is -4.07. The maximum atomic E-state index is 16.4. The monoisotopic (exact) mass is 573 g/mol. The molecule has 0 bridgehead atoms. The molecule has 0 aromatic heterocycles. The highest BCUT2D eigenvalue weighted by Gasteiger charge is 2.50. The lowest BCUT2D eigenvalue weighted by atomic mass is 9.83. The zero-order valence-electron chi connectivity index (χ0n) is 22.8. The highest BCUT2D eigenvalue weighted by atomic mass is 19.1. The number of carbonyl (C=O) groups excluding carboxylic acids is 1. The van der Waals surface area contributed by atoms with Gasteiger partial charge in [-0.15, -0.1) is 0 Å². The number of amidine groups is 1. The van der Waals surface area contributed by atoms with E-state index in [0.717, 1.165) is 25.5 Å². The van der Waals surface area contributed by atoms with Crippen LogP contribution in [0.1, 0.15) is 37.3 Å². The van der Waals surface area contributed by atoms with Gasteiger partial charge in [-0.3, -0.25) is 15.0 Å². The summed E-state index contributed by atoms with van der Waals surface area (Å²) in [6.07, 6.45) is 2.32. The number of methoxy groups -OCH3 is 1. The van der Waals surface area contributed by atoms with Gasteiger partial charge in [-0.05, 0) is 72.0 Å². The van der Waals surface area contributed by atoms with Crippen LogP contribution in [0.3, 0.4) is 0 Å². The summed E-state index contributed by atoms with van der Waals surface area (Å²) in [6.45, 7) is 2.84. The van der Waals surface area contributed by atoms with Crippen molar-refractivity contribution >= 4 is 28.3 Å². The Morgan fingerprint density at radius 1 is 1.20 bits per heavy atom. The molecule has 1 amide bonds. The molecule has 2 aromatic rings. The first kappa shape index (κ1) is 27.7. The molecule has 4 atom stereocenters. The largest absolute Gasteiger partial charge is 0.468 e. The van der Waals surface area contributed by atoms with Crippen LogP contribution in [0, 0.1) is 11.7 Å². The van der Waals surface area contributed by atoms with E-state index in [9.17, 15) is 13.6 Å². The Balaban J connectivity index is 1.41. The van der Waals surface area contributed by atoms with Crippen molar-refractivity contribution in [1.29, 1.82) is 0 Å². The molecule has 41 heavy (non-hydrogen) atoms. The molecule has 4 aliphatic rings. The number of allylic oxidation sites excluding steroid dienone is 2. The van der Waals surface area contributed by atoms with Gasteiger partial charge in [-0.1, -0.05) is 13.0 Å². The standard InChI is InChI=1S/C30H31F4N3O4/c1-3-19-22(32)6-5-16-9-18(41-15-39-2)10-20(24(16)19)25-23(33)11-21-27(26(25)34)35-29(36-28(21)38)40-14-30-7-4-8-37(30)13-17(31)12-30/h5-6,9-11,17,21,27H,3-4,7-8,12-15H2,1-2H3,(H,35,36,38)/t17-,21?,27?,30+/m1/s1. The zero-order chi connectivity index (χ0) is 28.9. The van der Waals surface area contributed by atoms with Crippen LogP contribution in [-0.2, 0) is 20.7 Å². The number of benzene rings is 2. The van der Waals surface area contributed by atoms with E-state index in [-0.39, 0.29) is 37.2 Å². The van der Waals surface area contributed by atoms with Crippen molar-refractivity contribution < 1.29 is 36.6 Å². The van der Waals surface area contributed by atoms with Gasteiger partial charge in [0.1, 0.15) is 42.0 Å². The van der Waals surface area contributed by atoms with Crippen LogP contribution in [0.5, 0.6) is 5.75 Å². The lowest BCUT2D eigenvalue weighted by Gasteiger charge is -2.34. The lowest BCUT2D eigenvalue weighted by Crippen LogP contribution is -2.50. The molecule has 2 saturated heterocycles. The molecule has 0 spiro atoms. The van der Waals surface area contributed by atoms with Crippen molar-refractivity contribution in [2.45, 2.75) is 50.4 Å². The van der Waals surface area contributed by atoms with Crippen LogP contribution in [0.2, 0.25) is 0 Å². The van der Waals surface area contributed by atoms with Crippen molar-refractivity contribution in [1.82, 2.24) is 10.2 Å². The SMILES string of the molecule is CCc1c(F)ccc2cc(OCOC)cc(C3=C(F)C4N=C(OC[C@@]56CCCN5C[C@H](F)C6)NC(=O)C4C=C3F)c12. The summed E-state index contributed by atoms with van der Waals surface area (Å²) in [4.78, 5) is 19.3. The molecule has 0 saturated carbocycles. The number of carbonyl (C=O) groups is 1. The number of fused-ring (bicyclic) bond motifs is 3. The minimum atomic E-state index is -1.39. The van der Waals surface area contributed by atoms with Gasteiger partial charge in [0.25, 0.3) is 6.02 Å². The second-order valence-corrected chi connectivity index (χ2v) is 11.0. The van der Waals surface area contributed by atoms with E-state index in [1.807, 2.05) is 0 Å². The fourth-order valence-corrected chi connectivity index (χ4v) is 6.68. The van der Waals surface area contributed by atoms with E-state index in [2.05, 4.69) is 15.2 Å². The fourth-order valence-electron chi connectivity index (χ4n) is 6.68. The molecule has 0 radical (unpaired) electrons. The summed E-state index contributed by atoms with van der Waals surface area (Å²) in [7, 11) is 1.44. The molecule has 1 aliphatic carbocycles. The summed E-state index contributed by atoms with van der Waals surface area (Å²) in [5, 5.41) is 3.37. The van der Waals surface area contributed by atoms with Crippen molar-refractivity contribution in [3.63, 3.8) is 0 Å². The van der Waals surface area contributed by atoms with E-state index in [4.69, 9.17) is 14.2 Å². The van der Waals surface area contributed by atoms with Gasteiger partial charge < -0.3 is 14.2 Å². The number of aryl methyl sites for hydroxylation is 1. The highest BCUT2D eigenvalue weighted by molar-refractivity contribution is 6.04. The first-order valence-electron chi connectivity index (χ1n) is 13.8. The smallest absolute Gasteiger partial charge is 0.292 e. The molecule has 1 N–H and O–H groups in total. The van der Waals surface area contributed by atoms with Gasteiger partial charge in [-0.25, -0.2) is 22.6 Å².